The predicted molar refractivity (Wildman–Crippen MR) is 88.1 cm³/mol. The number of nitrogens with one attached hydrogen (secondary N) is 1. The van der Waals surface area contributed by atoms with Gasteiger partial charge in [0.15, 0.2) is 5.43 Å². The molecule has 0 unspecified atom stereocenters. The summed E-state index contributed by atoms with van der Waals surface area (Å²) in [6.45, 7) is 7.79. The summed E-state index contributed by atoms with van der Waals surface area (Å²) in [5, 5.41) is 3.34. The van der Waals surface area contributed by atoms with Crippen molar-refractivity contribution in [2.45, 2.75) is 40.2 Å². The molecule has 21 heavy (non-hydrogen) atoms. The van der Waals surface area contributed by atoms with E-state index in [0.29, 0.717) is 6.54 Å². The molecule has 0 fully saturated rings. The maximum absolute atomic E-state index is 12.1. The maximum atomic E-state index is 12.1. The van der Waals surface area contributed by atoms with Gasteiger partial charge < -0.3 is 9.88 Å². The maximum Gasteiger partial charge on any atom is 0.186 e. The topological polar surface area (TPSA) is 34.0 Å². The Kier molecular flexibility index (Phi) is 5.34. The van der Waals surface area contributed by atoms with Crippen molar-refractivity contribution in [3.8, 4) is 5.69 Å². The molecule has 2 rings (SSSR count). The molecule has 1 aromatic heterocycles. The summed E-state index contributed by atoms with van der Waals surface area (Å²) in [6, 6.07) is 10.1. The van der Waals surface area contributed by atoms with Gasteiger partial charge in [-0.3, -0.25) is 4.79 Å². The number of aromatic nitrogens is 1. The number of nitrogens with zero attached hydrogens (tertiary/aromatic N) is 1. The fourth-order valence-corrected chi connectivity index (χ4v) is 2.31. The number of pyridine rings is 1. The summed E-state index contributed by atoms with van der Waals surface area (Å²) >= 11 is 0. The Hall–Kier alpha value is -1.87. The summed E-state index contributed by atoms with van der Waals surface area (Å²) in [5.74, 6) is 0. The molecular weight excluding hydrogens is 260 g/mol. The van der Waals surface area contributed by atoms with Gasteiger partial charge in [-0.2, -0.15) is 0 Å². The summed E-state index contributed by atoms with van der Waals surface area (Å²) in [7, 11) is 0. The van der Waals surface area contributed by atoms with Crippen LogP contribution in [0.3, 0.4) is 0 Å². The molecule has 3 heteroatoms. The highest BCUT2D eigenvalue weighted by atomic mass is 16.1. The minimum Gasteiger partial charge on any atom is -0.321 e. The van der Waals surface area contributed by atoms with Crippen LogP contribution in [0.5, 0.6) is 0 Å². The zero-order valence-corrected chi connectivity index (χ0v) is 13.1. The molecule has 3 nitrogen and oxygen atoms in total. The third kappa shape index (κ3) is 4.05. The van der Waals surface area contributed by atoms with Crippen molar-refractivity contribution >= 4 is 0 Å². The fraction of sp³-hybridized carbons (Fsp3) is 0.389. The van der Waals surface area contributed by atoms with E-state index in [1.54, 1.807) is 6.07 Å². The first-order chi connectivity index (χ1) is 10.1. The number of hydrogen-bond acceptors (Lipinski definition) is 2. The van der Waals surface area contributed by atoms with Crippen LogP contribution < -0.4 is 10.7 Å². The van der Waals surface area contributed by atoms with Crippen LogP contribution in [0.4, 0.5) is 0 Å². The monoisotopic (exact) mass is 284 g/mol. The summed E-state index contributed by atoms with van der Waals surface area (Å²) in [4.78, 5) is 12.1. The van der Waals surface area contributed by atoms with E-state index in [2.05, 4.69) is 48.0 Å². The molecule has 0 bridgehead atoms. The average molecular weight is 284 g/mol. The van der Waals surface area contributed by atoms with Gasteiger partial charge in [0.2, 0.25) is 0 Å². The van der Waals surface area contributed by atoms with Crippen molar-refractivity contribution in [3.63, 3.8) is 0 Å². The third-order valence-electron chi connectivity index (χ3n) is 3.66. The smallest absolute Gasteiger partial charge is 0.186 e. The lowest BCUT2D eigenvalue weighted by Gasteiger charge is -2.13. The molecule has 2 aromatic rings. The Bertz CT molecular complexity index is 641. The normalized spacial score (nSPS) is 10.8. The molecule has 1 aromatic carbocycles. The largest absolute Gasteiger partial charge is 0.321 e. The zero-order chi connectivity index (χ0) is 15.2. The molecule has 0 aliphatic rings. The van der Waals surface area contributed by atoms with E-state index in [1.807, 2.05) is 13.1 Å². The Balaban J connectivity index is 2.25. The molecule has 0 spiro atoms. The highest BCUT2D eigenvalue weighted by molar-refractivity contribution is 5.37. The second-order valence-corrected chi connectivity index (χ2v) is 5.54. The van der Waals surface area contributed by atoms with Crippen molar-refractivity contribution in [3.05, 3.63) is 63.6 Å². The van der Waals surface area contributed by atoms with E-state index in [4.69, 9.17) is 0 Å². The number of rotatable bonds is 6. The van der Waals surface area contributed by atoms with Crippen molar-refractivity contribution in [1.29, 1.82) is 0 Å². The summed E-state index contributed by atoms with van der Waals surface area (Å²) in [5.41, 5.74) is 4.21. The standard InChI is InChI=1S/C18H24N2O/c1-4-5-10-19-12-16-13-20(15(3)11-18(16)21)17-8-6-14(2)7-9-17/h6-9,11,13,19H,4-5,10,12H2,1-3H3. The number of hydrogen-bond donors (Lipinski definition) is 1. The van der Waals surface area contributed by atoms with E-state index in [9.17, 15) is 4.79 Å². The van der Waals surface area contributed by atoms with Gasteiger partial charge in [0.25, 0.3) is 0 Å². The van der Waals surface area contributed by atoms with Crippen molar-refractivity contribution < 1.29 is 0 Å². The van der Waals surface area contributed by atoms with Gasteiger partial charge in [0.1, 0.15) is 0 Å². The molecule has 0 amide bonds. The predicted octanol–water partition coefficient (Wildman–Crippen LogP) is 3.34. The Morgan fingerprint density at radius 1 is 1.14 bits per heavy atom. The van der Waals surface area contributed by atoms with Crippen LogP contribution in [0.25, 0.3) is 5.69 Å². The fourth-order valence-electron chi connectivity index (χ4n) is 2.31. The summed E-state index contributed by atoms with van der Waals surface area (Å²) in [6.07, 6.45) is 4.26. The number of unbranched alkanes of at least 4 members (excludes halogenated alkanes) is 1. The van der Waals surface area contributed by atoms with Gasteiger partial charge >= 0.3 is 0 Å². The van der Waals surface area contributed by atoms with Gasteiger partial charge in [0, 0.05) is 35.8 Å². The van der Waals surface area contributed by atoms with Gasteiger partial charge in [-0.05, 0) is 38.9 Å². The number of benzene rings is 1. The lowest BCUT2D eigenvalue weighted by Crippen LogP contribution is -2.22. The van der Waals surface area contributed by atoms with E-state index in [1.165, 1.54) is 5.56 Å². The molecule has 0 radical (unpaired) electrons. The van der Waals surface area contributed by atoms with Crippen LogP contribution >= 0.6 is 0 Å². The lowest BCUT2D eigenvalue weighted by molar-refractivity contribution is 0.637. The van der Waals surface area contributed by atoms with Crippen LogP contribution in [0, 0.1) is 13.8 Å². The van der Waals surface area contributed by atoms with Crippen LogP contribution in [-0.4, -0.2) is 11.1 Å². The average Bonchev–Trinajstić information content (AvgIpc) is 2.47. The molecule has 0 aliphatic carbocycles. The van der Waals surface area contributed by atoms with Crippen LogP contribution in [0.1, 0.15) is 36.6 Å². The van der Waals surface area contributed by atoms with E-state index in [0.717, 1.165) is 36.3 Å². The van der Waals surface area contributed by atoms with E-state index < -0.39 is 0 Å². The Morgan fingerprint density at radius 3 is 2.52 bits per heavy atom. The third-order valence-corrected chi connectivity index (χ3v) is 3.66. The first-order valence-corrected chi connectivity index (χ1v) is 7.61. The Morgan fingerprint density at radius 2 is 1.86 bits per heavy atom. The first-order valence-electron chi connectivity index (χ1n) is 7.61. The minimum atomic E-state index is 0.111. The van der Waals surface area contributed by atoms with Gasteiger partial charge in [0.05, 0.1) is 0 Å². The van der Waals surface area contributed by atoms with Gasteiger partial charge in [-0.1, -0.05) is 31.0 Å². The zero-order valence-electron chi connectivity index (χ0n) is 13.1. The molecule has 1 N–H and O–H groups in total. The van der Waals surface area contributed by atoms with Crippen molar-refractivity contribution in [2.24, 2.45) is 0 Å². The summed E-state index contributed by atoms with van der Waals surface area (Å²) < 4.78 is 2.08. The van der Waals surface area contributed by atoms with Crippen LogP contribution in [-0.2, 0) is 6.54 Å². The lowest BCUT2D eigenvalue weighted by atomic mass is 10.2. The molecule has 0 aliphatic heterocycles. The highest BCUT2D eigenvalue weighted by Crippen LogP contribution is 2.12. The molecular formula is C18H24N2O. The van der Waals surface area contributed by atoms with Crippen molar-refractivity contribution in [1.82, 2.24) is 9.88 Å². The second kappa shape index (κ2) is 7.23. The molecule has 1 heterocycles. The quantitative estimate of drug-likeness (QED) is 0.825. The van der Waals surface area contributed by atoms with Gasteiger partial charge in [-0.15, -0.1) is 0 Å². The van der Waals surface area contributed by atoms with E-state index >= 15 is 0 Å². The van der Waals surface area contributed by atoms with Crippen LogP contribution in [0.2, 0.25) is 0 Å². The molecule has 112 valence electrons. The molecule has 0 saturated carbocycles. The number of aryl methyl sites for hydroxylation is 2. The van der Waals surface area contributed by atoms with Gasteiger partial charge in [-0.25, -0.2) is 0 Å². The van der Waals surface area contributed by atoms with Crippen LogP contribution in [0.15, 0.2) is 41.3 Å². The molecule has 0 saturated heterocycles. The minimum absolute atomic E-state index is 0.111. The van der Waals surface area contributed by atoms with E-state index in [-0.39, 0.29) is 5.43 Å². The first kappa shape index (κ1) is 15.5. The highest BCUT2D eigenvalue weighted by Gasteiger charge is 2.05. The second-order valence-electron chi connectivity index (χ2n) is 5.54. The SMILES string of the molecule is CCCCNCc1cn(-c2ccc(C)cc2)c(C)cc1=O. The van der Waals surface area contributed by atoms with Crippen molar-refractivity contribution in [2.75, 3.05) is 6.54 Å². The Labute approximate surface area is 126 Å². The molecule has 0 atom stereocenters.